The number of anilines is 1. The first-order valence-corrected chi connectivity index (χ1v) is 11.4. The molecule has 1 N–H and O–H groups in total. The fraction of sp³-hybridized carbons (Fsp3) is 0.409. The van der Waals surface area contributed by atoms with Crippen molar-refractivity contribution in [1.29, 1.82) is 0 Å². The van der Waals surface area contributed by atoms with E-state index >= 15 is 0 Å². The minimum Gasteiger partial charge on any atom is -0.491 e. The van der Waals surface area contributed by atoms with Crippen LogP contribution in [-0.4, -0.2) is 39.8 Å². The summed E-state index contributed by atoms with van der Waals surface area (Å²) in [5.41, 5.74) is 4.35. The van der Waals surface area contributed by atoms with Crippen LogP contribution in [0.5, 0.6) is 5.75 Å². The monoisotopic (exact) mass is 418 g/mol. The average molecular weight is 419 g/mol. The van der Waals surface area contributed by atoms with E-state index in [1.165, 1.54) is 4.31 Å². The van der Waals surface area contributed by atoms with Crippen LogP contribution in [0.3, 0.4) is 0 Å². The number of rotatable bonds is 8. The van der Waals surface area contributed by atoms with Gasteiger partial charge in [-0.05, 0) is 69.0 Å². The van der Waals surface area contributed by atoms with E-state index in [0.29, 0.717) is 12.3 Å². The molecule has 0 spiro atoms. The molecule has 0 saturated carbocycles. The number of sulfonamides is 1. The zero-order valence-electron chi connectivity index (χ0n) is 17.9. The quantitative estimate of drug-likeness (QED) is 0.668. The summed E-state index contributed by atoms with van der Waals surface area (Å²) < 4.78 is 31.8. The van der Waals surface area contributed by atoms with E-state index in [1.54, 1.807) is 13.0 Å². The van der Waals surface area contributed by atoms with Gasteiger partial charge in [0.05, 0.1) is 18.5 Å². The second-order valence-electron chi connectivity index (χ2n) is 7.43. The van der Waals surface area contributed by atoms with E-state index in [0.717, 1.165) is 34.3 Å². The first-order valence-electron chi connectivity index (χ1n) is 9.55. The smallest absolute Gasteiger partial charge is 0.243 e. The van der Waals surface area contributed by atoms with Crippen LogP contribution in [0.25, 0.3) is 0 Å². The highest BCUT2D eigenvalue weighted by molar-refractivity contribution is 7.92. The van der Waals surface area contributed by atoms with Crippen molar-refractivity contribution in [3.05, 3.63) is 58.7 Å². The predicted molar refractivity (Wildman–Crippen MR) is 117 cm³/mol. The van der Waals surface area contributed by atoms with E-state index in [1.807, 2.05) is 58.0 Å². The van der Waals surface area contributed by atoms with E-state index in [2.05, 4.69) is 5.32 Å². The van der Waals surface area contributed by atoms with Gasteiger partial charge in [0.25, 0.3) is 0 Å². The number of carbonyl (C=O) groups is 1. The van der Waals surface area contributed by atoms with Gasteiger partial charge < -0.3 is 10.1 Å². The molecule has 158 valence electrons. The topological polar surface area (TPSA) is 75.7 Å². The normalized spacial score (nSPS) is 12.3. The number of ether oxygens (including phenoxy) is 1. The van der Waals surface area contributed by atoms with E-state index < -0.39 is 16.1 Å². The molecule has 1 atom stereocenters. The number of aryl methyl sites for hydroxylation is 4. The summed E-state index contributed by atoms with van der Waals surface area (Å²) in [6.07, 6.45) is 1.11. The number of nitrogens with one attached hydrogen (secondary N) is 1. The first kappa shape index (κ1) is 22.7. The summed E-state index contributed by atoms with van der Waals surface area (Å²) in [4.78, 5) is 12.7. The molecule has 0 unspecified atom stereocenters. The third-order valence-electron chi connectivity index (χ3n) is 4.69. The van der Waals surface area contributed by atoms with Crippen molar-refractivity contribution in [1.82, 2.24) is 5.32 Å². The Morgan fingerprint density at radius 3 is 2.24 bits per heavy atom. The van der Waals surface area contributed by atoms with Gasteiger partial charge >= 0.3 is 0 Å². The molecule has 6 nitrogen and oxygen atoms in total. The van der Waals surface area contributed by atoms with Crippen LogP contribution < -0.4 is 14.4 Å². The molecular formula is C22H30N2O4S. The number of hydrogen-bond donors (Lipinski definition) is 1. The summed E-state index contributed by atoms with van der Waals surface area (Å²) in [6, 6.07) is 10.6. The van der Waals surface area contributed by atoms with Gasteiger partial charge in [0, 0.05) is 0 Å². The Balaban J connectivity index is 2.06. The summed E-state index contributed by atoms with van der Waals surface area (Å²) in [7, 11) is -3.64. The molecule has 0 aromatic heterocycles. The highest BCUT2D eigenvalue weighted by Gasteiger charge is 2.30. The van der Waals surface area contributed by atoms with Crippen molar-refractivity contribution in [3.8, 4) is 5.75 Å². The molecule has 0 aliphatic heterocycles. The summed E-state index contributed by atoms with van der Waals surface area (Å²) in [6.45, 7) is 9.83. The molecule has 0 heterocycles. The molecule has 2 rings (SSSR count). The fourth-order valence-corrected chi connectivity index (χ4v) is 4.31. The molecule has 2 aromatic carbocycles. The Morgan fingerprint density at radius 2 is 1.62 bits per heavy atom. The molecule has 7 heteroatoms. The Morgan fingerprint density at radius 1 is 1.03 bits per heavy atom. The summed E-state index contributed by atoms with van der Waals surface area (Å²) >= 11 is 0. The number of carbonyl (C=O) groups excluding carboxylic acids is 1. The van der Waals surface area contributed by atoms with Gasteiger partial charge in [-0.25, -0.2) is 8.42 Å². The molecule has 0 fully saturated rings. The maximum absolute atomic E-state index is 12.7. The highest BCUT2D eigenvalue weighted by Crippen LogP contribution is 2.26. The lowest BCUT2D eigenvalue weighted by atomic mass is 10.1. The molecule has 2 aromatic rings. The molecule has 0 saturated heterocycles. The molecule has 0 aliphatic carbocycles. The van der Waals surface area contributed by atoms with Crippen LogP contribution in [0.1, 0.15) is 29.2 Å². The molecular weight excluding hydrogens is 388 g/mol. The second kappa shape index (κ2) is 9.31. The van der Waals surface area contributed by atoms with E-state index in [4.69, 9.17) is 4.74 Å². The standard InChI is InChI=1S/C22H30N2O4S/c1-15-7-9-17(3)20(13-15)24(29(6,26)27)19(5)22(25)23-11-12-28-21-14-16(2)8-10-18(21)4/h7-10,13-14,19H,11-12H2,1-6H3,(H,23,25)/t19-/m1/s1. The zero-order valence-corrected chi connectivity index (χ0v) is 18.8. The maximum atomic E-state index is 12.7. The highest BCUT2D eigenvalue weighted by atomic mass is 32.2. The minimum absolute atomic E-state index is 0.279. The van der Waals surface area contributed by atoms with Crippen LogP contribution in [0.4, 0.5) is 5.69 Å². The number of amides is 1. The predicted octanol–water partition coefficient (Wildman–Crippen LogP) is 3.27. The number of hydrogen-bond acceptors (Lipinski definition) is 4. The van der Waals surface area contributed by atoms with Crippen LogP contribution in [0.2, 0.25) is 0 Å². The van der Waals surface area contributed by atoms with Crippen molar-refractivity contribution < 1.29 is 17.9 Å². The van der Waals surface area contributed by atoms with E-state index in [-0.39, 0.29) is 12.5 Å². The van der Waals surface area contributed by atoms with Crippen LogP contribution in [-0.2, 0) is 14.8 Å². The number of benzene rings is 2. The lowest BCUT2D eigenvalue weighted by Gasteiger charge is -2.29. The molecule has 1 amide bonds. The van der Waals surface area contributed by atoms with Crippen LogP contribution >= 0.6 is 0 Å². The van der Waals surface area contributed by atoms with Crippen LogP contribution in [0, 0.1) is 27.7 Å². The van der Waals surface area contributed by atoms with Gasteiger partial charge in [-0.2, -0.15) is 0 Å². The third kappa shape index (κ3) is 5.97. The fourth-order valence-electron chi connectivity index (χ4n) is 3.08. The SMILES string of the molecule is Cc1ccc(C)c(OCCNC(=O)[C@@H](C)N(c2cc(C)ccc2C)S(C)(=O)=O)c1. The number of nitrogens with zero attached hydrogens (tertiary/aromatic N) is 1. The Hall–Kier alpha value is -2.54. The third-order valence-corrected chi connectivity index (χ3v) is 5.92. The zero-order chi connectivity index (χ0) is 21.8. The van der Waals surface area contributed by atoms with Gasteiger partial charge in [0.2, 0.25) is 15.9 Å². The van der Waals surface area contributed by atoms with Gasteiger partial charge in [-0.3, -0.25) is 9.10 Å². The molecule has 0 aliphatic rings. The Labute approximate surface area is 173 Å². The van der Waals surface area contributed by atoms with Crippen molar-refractivity contribution in [2.45, 2.75) is 40.7 Å². The molecule has 0 radical (unpaired) electrons. The lowest BCUT2D eigenvalue weighted by Crippen LogP contribution is -2.48. The summed E-state index contributed by atoms with van der Waals surface area (Å²) in [5.74, 6) is 0.404. The molecule has 0 bridgehead atoms. The largest absolute Gasteiger partial charge is 0.491 e. The van der Waals surface area contributed by atoms with Crippen LogP contribution in [0.15, 0.2) is 36.4 Å². The second-order valence-corrected chi connectivity index (χ2v) is 9.29. The van der Waals surface area contributed by atoms with E-state index in [9.17, 15) is 13.2 Å². The Bertz CT molecular complexity index is 986. The Kier molecular flexibility index (Phi) is 7.30. The van der Waals surface area contributed by atoms with Crippen molar-refractivity contribution in [3.63, 3.8) is 0 Å². The van der Waals surface area contributed by atoms with Gasteiger partial charge in [-0.15, -0.1) is 0 Å². The molecule has 29 heavy (non-hydrogen) atoms. The minimum atomic E-state index is -3.64. The van der Waals surface area contributed by atoms with Crippen molar-refractivity contribution >= 4 is 21.6 Å². The van der Waals surface area contributed by atoms with Crippen molar-refractivity contribution in [2.24, 2.45) is 0 Å². The van der Waals surface area contributed by atoms with Gasteiger partial charge in [0.1, 0.15) is 18.4 Å². The van der Waals surface area contributed by atoms with Crippen molar-refractivity contribution in [2.75, 3.05) is 23.7 Å². The maximum Gasteiger partial charge on any atom is 0.243 e. The van der Waals surface area contributed by atoms with Gasteiger partial charge in [0.15, 0.2) is 0 Å². The average Bonchev–Trinajstić information content (AvgIpc) is 2.63. The lowest BCUT2D eigenvalue weighted by molar-refractivity contribution is -0.121. The van der Waals surface area contributed by atoms with Gasteiger partial charge in [-0.1, -0.05) is 24.3 Å². The summed E-state index contributed by atoms with van der Waals surface area (Å²) in [5, 5.41) is 2.77. The first-order chi connectivity index (χ1) is 13.5.